The van der Waals surface area contributed by atoms with Crippen molar-refractivity contribution >= 4 is 12.1 Å². The lowest BCUT2D eigenvalue weighted by molar-refractivity contribution is -0.303. The molecule has 0 fully saturated rings. The maximum Gasteiger partial charge on any atom is 0.407 e. The van der Waals surface area contributed by atoms with Gasteiger partial charge in [-0.1, -0.05) is 0 Å². The second kappa shape index (κ2) is 18.5. The number of nitrogens with one attached hydrogen (secondary N) is 1. The molecule has 0 saturated carbocycles. The summed E-state index contributed by atoms with van der Waals surface area (Å²) in [6, 6.07) is 0. The molecule has 1 amide bonds. The van der Waals surface area contributed by atoms with Crippen LogP contribution in [0.4, 0.5) is 4.79 Å². The van der Waals surface area contributed by atoms with Crippen LogP contribution in [-0.2, 0) is 38.3 Å². The lowest BCUT2D eigenvalue weighted by Crippen LogP contribution is -2.34. The highest BCUT2D eigenvalue weighted by molar-refractivity contribution is 5.67. The fourth-order valence-corrected chi connectivity index (χ4v) is 1.65. The van der Waals surface area contributed by atoms with Crippen molar-refractivity contribution in [1.29, 1.82) is 0 Å². The lowest BCUT2D eigenvalue weighted by Gasteiger charge is -2.19. The van der Waals surface area contributed by atoms with E-state index in [4.69, 9.17) is 38.6 Å². The maximum absolute atomic E-state index is 11.4. The van der Waals surface area contributed by atoms with Gasteiger partial charge in [0.15, 0.2) is 0 Å². The first-order chi connectivity index (χ1) is 13.8. The van der Waals surface area contributed by atoms with E-state index in [9.17, 15) is 9.59 Å². The zero-order valence-electron chi connectivity index (χ0n) is 17.6. The Morgan fingerprint density at radius 3 is 1.66 bits per heavy atom. The first-order valence-corrected chi connectivity index (χ1v) is 9.55. The molecule has 0 aliphatic heterocycles. The third kappa shape index (κ3) is 24.5. The molecule has 0 spiro atoms. The van der Waals surface area contributed by atoms with Crippen LogP contribution in [0.15, 0.2) is 0 Å². The number of carbonyl (C=O) groups excluding carboxylic acids is 1. The molecule has 2 N–H and O–H groups in total. The minimum absolute atomic E-state index is 0.0335. The van der Waals surface area contributed by atoms with Crippen LogP contribution in [0, 0.1) is 0 Å². The van der Waals surface area contributed by atoms with Crippen molar-refractivity contribution < 1.29 is 48.2 Å². The number of alkyl carbamates (subject to hydrolysis) is 1. The maximum atomic E-state index is 11.4. The number of aliphatic carboxylic acids is 1. The van der Waals surface area contributed by atoms with Crippen molar-refractivity contribution in [3.05, 3.63) is 0 Å². The van der Waals surface area contributed by atoms with E-state index in [1.165, 1.54) is 0 Å². The number of rotatable bonds is 19. The summed E-state index contributed by atoms with van der Waals surface area (Å²) >= 11 is 0. The highest BCUT2D eigenvalue weighted by Gasteiger charge is 2.15. The zero-order chi connectivity index (χ0) is 21.8. The molecule has 0 saturated heterocycles. The molecule has 0 radical (unpaired) electrons. The van der Waals surface area contributed by atoms with E-state index in [1.54, 1.807) is 20.8 Å². The Kier molecular flexibility index (Phi) is 17.6. The quantitative estimate of drug-likeness (QED) is 0.175. The molecule has 0 bridgehead atoms. The van der Waals surface area contributed by atoms with Gasteiger partial charge < -0.3 is 34.1 Å². The lowest BCUT2D eigenvalue weighted by atomic mass is 10.2. The molecular weight excluding hydrogens is 390 g/mol. The molecule has 0 heterocycles. The van der Waals surface area contributed by atoms with Gasteiger partial charge in [-0.05, 0) is 20.8 Å². The summed E-state index contributed by atoms with van der Waals surface area (Å²) in [5.74, 6) is -0.900. The fourth-order valence-electron chi connectivity index (χ4n) is 1.65. The molecule has 0 aromatic carbocycles. The smallest absolute Gasteiger partial charge is 0.407 e. The summed E-state index contributed by atoms with van der Waals surface area (Å²) in [4.78, 5) is 31.3. The van der Waals surface area contributed by atoms with Crippen LogP contribution in [0.5, 0.6) is 0 Å². The summed E-state index contributed by atoms with van der Waals surface area (Å²) in [6.07, 6.45) is -0.498. The van der Waals surface area contributed by atoms with Crippen molar-refractivity contribution in [1.82, 2.24) is 5.32 Å². The van der Waals surface area contributed by atoms with E-state index in [-0.39, 0.29) is 32.8 Å². The SMILES string of the molecule is CC(C)(C)OC(=O)NCCOCCOCCOCCOOCCOCCC(=O)O. The number of ether oxygens (including phenoxy) is 5. The monoisotopic (exact) mass is 425 g/mol. The number of hydrogen-bond acceptors (Lipinski definition) is 9. The number of carboxylic acid groups (broad SMARTS) is 1. The highest BCUT2D eigenvalue weighted by atomic mass is 17.2. The van der Waals surface area contributed by atoms with E-state index >= 15 is 0 Å². The van der Waals surface area contributed by atoms with Gasteiger partial charge in [0.2, 0.25) is 0 Å². The normalized spacial score (nSPS) is 11.4. The van der Waals surface area contributed by atoms with Gasteiger partial charge in [-0.3, -0.25) is 4.79 Å². The topological polar surface area (TPSA) is 131 Å². The second-order valence-electron chi connectivity index (χ2n) is 6.67. The number of amides is 1. The summed E-state index contributed by atoms with van der Waals surface area (Å²) in [7, 11) is 0. The van der Waals surface area contributed by atoms with Gasteiger partial charge in [0.1, 0.15) is 18.8 Å². The van der Waals surface area contributed by atoms with E-state index in [2.05, 4.69) is 5.32 Å². The predicted molar refractivity (Wildman–Crippen MR) is 102 cm³/mol. The average Bonchev–Trinajstić information content (AvgIpc) is 2.62. The van der Waals surface area contributed by atoms with Crippen molar-refractivity contribution in [3.8, 4) is 0 Å². The summed E-state index contributed by atoms with van der Waals surface area (Å²) < 4.78 is 26.1. The van der Waals surface area contributed by atoms with Gasteiger partial charge in [-0.25, -0.2) is 14.6 Å². The predicted octanol–water partition coefficient (Wildman–Crippen LogP) is 1.00. The van der Waals surface area contributed by atoms with Gasteiger partial charge in [0, 0.05) is 6.54 Å². The molecule has 0 aromatic heterocycles. The minimum Gasteiger partial charge on any atom is -0.481 e. The summed E-state index contributed by atoms with van der Waals surface area (Å²) in [5, 5.41) is 11.0. The van der Waals surface area contributed by atoms with Crippen LogP contribution in [0.25, 0.3) is 0 Å². The van der Waals surface area contributed by atoms with Gasteiger partial charge in [0.25, 0.3) is 0 Å². The highest BCUT2D eigenvalue weighted by Crippen LogP contribution is 2.05. The molecular formula is C18H35NO10. The standard InChI is InChI=1S/C18H35NO10/c1-18(2,3)29-17(22)19-5-7-24-8-9-25-10-11-26-13-15-28-27-14-12-23-6-4-16(20)21/h4-15H2,1-3H3,(H,19,22)(H,20,21). The molecule has 11 heteroatoms. The van der Waals surface area contributed by atoms with Crippen molar-refractivity contribution in [2.45, 2.75) is 32.8 Å². The Hall–Kier alpha value is -1.50. The van der Waals surface area contributed by atoms with Crippen LogP contribution >= 0.6 is 0 Å². The van der Waals surface area contributed by atoms with E-state index in [0.717, 1.165) is 0 Å². The molecule has 0 aliphatic rings. The molecule has 11 nitrogen and oxygen atoms in total. The second-order valence-corrected chi connectivity index (χ2v) is 6.67. The first kappa shape index (κ1) is 27.5. The Labute approximate surface area is 171 Å². The Bertz CT molecular complexity index is 414. The largest absolute Gasteiger partial charge is 0.481 e. The summed E-state index contributed by atoms with van der Waals surface area (Å²) in [5.41, 5.74) is -0.514. The molecule has 172 valence electrons. The third-order valence-corrected chi connectivity index (χ3v) is 2.82. The van der Waals surface area contributed by atoms with Crippen molar-refractivity contribution in [2.24, 2.45) is 0 Å². The molecule has 0 aromatic rings. The van der Waals surface area contributed by atoms with Crippen LogP contribution in [0.3, 0.4) is 0 Å². The number of carbonyl (C=O) groups is 2. The Morgan fingerprint density at radius 2 is 1.17 bits per heavy atom. The van der Waals surface area contributed by atoms with Crippen molar-refractivity contribution in [3.63, 3.8) is 0 Å². The van der Waals surface area contributed by atoms with Crippen LogP contribution in [0.1, 0.15) is 27.2 Å². The molecule has 0 aliphatic carbocycles. The number of carboxylic acids is 1. The van der Waals surface area contributed by atoms with E-state index in [1.807, 2.05) is 0 Å². The van der Waals surface area contributed by atoms with Crippen LogP contribution in [-0.4, -0.2) is 95.4 Å². The van der Waals surface area contributed by atoms with Crippen LogP contribution < -0.4 is 5.32 Å². The Balaban J connectivity index is 3.14. The van der Waals surface area contributed by atoms with Gasteiger partial charge >= 0.3 is 12.1 Å². The van der Waals surface area contributed by atoms with Gasteiger partial charge in [-0.15, -0.1) is 0 Å². The molecule has 0 rings (SSSR count). The zero-order valence-corrected chi connectivity index (χ0v) is 17.6. The first-order valence-electron chi connectivity index (χ1n) is 9.55. The summed E-state index contributed by atoms with van der Waals surface area (Å²) in [6.45, 7) is 9.10. The average molecular weight is 425 g/mol. The van der Waals surface area contributed by atoms with Gasteiger partial charge in [0.05, 0.1) is 59.3 Å². The van der Waals surface area contributed by atoms with Crippen molar-refractivity contribution in [2.75, 3.05) is 72.6 Å². The molecule has 29 heavy (non-hydrogen) atoms. The third-order valence-electron chi connectivity index (χ3n) is 2.82. The van der Waals surface area contributed by atoms with Crippen LogP contribution in [0.2, 0.25) is 0 Å². The minimum atomic E-state index is -0.900. The molecule has 0 unspecified atom stereocenters. The number of hydrogen-bond donors (Lipinski definition) is 2. The van der Waals surface area contributed by atoms with E-state index < -0.39 is 17.7 Å². The molecule has 0 atom stereocenters. The van der Waals surface area contributed by atoms with E-state index in [0.29, 0.717) is 46.2 Å². The fraction of sp³-hybridized carbons (Fsp3) is 0.889. The Morgan fingerprint density at radius 1 is 0.724 bits per heavy atom. The van der Waals surface area contributed by atoms with Gasteiger partial charge in [-0.2, -0.15) is 0 Å².